The normalized spacial score (nSPS) is 10.4. The fourth-order valence-corrected chi connectivity index (χ4v) is 2.76. The van der Waals surface area contributed by atoms with Gasteiger partial charge in [0.1, 0.15) is 11.5 Å². The average molecular weight is 392 g/mol. The number of aryl methyl sites for hydroxylation is 1. The van der Waals surface area contributed by atoms with Gasteiger partial charge in [0, 0.05) is 23.5 Å². The van der Waals surface area contributed by atoms with Crippen LogP contribution in [-0.4, -0.2) is 28.2 Å². The zero-order chi connectivity index (χ0) is 20.8. The number of Topliss-reactive ketones (excluding diaryl/α,β-unsaturated/α-hetero) is 1. The Morgan fingerprint density at radius 3 is 2.45 bits per heavy atom. The van der Waals surface area contributed by atoms with E-state index in [0.717, 1.165) is 0 Å². The van der Waals surface area contributed by atoms with Gasteiger partial charge >= 0.3 is 0 Å². The third-order valence-corrected chi connectivity index (χ3v) is 4.27. The Morgan fingerprint density at radius 1 is 1.03 bits per heavy atom. The van der Waals surface area contributed by atoms with Crippen LogP contribution in [0.25, 0.3) is 0 Å². The predicted molar refractivity (Wildman–Crippen MR) is 110 cm³/mol. The van der Waals surface area contributed by atoms with E-state index in [1.54, 1.807) is 55.5 Å². The first kappa shape index (κ1) is 20.1. The van der Waals surface area contributed by atoms with Gasteiger partial charge in [-0.15, -0.1) is 0 Å². The van der Waals surface area contributed by atoms with Gasteiger partial charge < -0.3 is 10.6 Å². The summed E-state index contributed by atoms with van der Waals surface area (Å²) in [5.41, 5.74) is 2.57. The lowest BCUT2D eigenvalue weighted by Gasteiger charge is -2.09. The molecule has 148 valence electrons. The SMILES string of the molecule is CC(=O)c1ccc(NC(=O)c2cc(C)nc(NCCc3ccccc3F)n2)cc1. The van der Waals surface area contributed by atoms with Crippen LogP contribution in [0.4, 0.5) is 16.0 Å². The standard InChI is InChI=1S/C22H21FN4O2/c1-14-13-20(21(29)26-18-9-7-16(8-10-18)15(2)28)27-22(25-14)24-12-11-17-5-3-4-6-19(17)23/h3-10,13H,11-12H2,1-2H3,(H,26,29)(H,24,25,27). The summed E-state index contributed by atoms with van der Waals surface area (Å²) in [4.78, 5) is 32.4. The van der Waals surface area contributed by atoms with E-state index in [-0.39, 0.29) is 23.2 Å². The van der Waals surface area contributed by atoms with E-state index in [0.29, 0.717) is 41.4 Å². The minimum atomic E-state index is -0.386. The number of halogens is 1. The summed E-state index contributed by atoms with van der Waals surface area (Å²) in [6.45, 7) is 3.68. The molecule has 6 nitrogen and oxygen atoms in total. The maximum Gasteiger partial charge on any atom is 0.274 e. The van der Waals surface area contributed by atoms with Crippen LogP contribution >= 0.6 is 0 Å². The van der Waals surface area contributed by atoms with E-state index in [2.05, 4.69) is 20.6 Å². The number of carbonyl (C=O) groups excluding carboxylic acids is 2. The highest BCUT2D eigenvalue weighted by molar-refractivity contribution is 6.03. The fraction of sp³-hybridized carbons (Fsp3) is 0.182. The highest BCUT2D eigenvalue weighted by atomic mass is 19.1. The number of hydrogen-bond donors (Lipinski definition) is 2. The lowest BCUT2D eigenvalue weighted by atomic mass is 10.1. The zero-order valence-electron chi connectivity index (χ0n) is 16.2. The van der Waals surface area contributed by atoms with E-state index >= 15 is 0 Å². The molecule has 2 aromatic carbocycles. The summed E-state index contributed by atoms with van der Waals surface area (Å²) in [6, 6.07) is 14.8. The topological polar surface area (TPSA) is 84.0 Å². The number of amides is 1. The Morgan fingerprint density at radius 2 is 1.76 bits per heavy atom. The first-order chi connectivity index (χ1) is 13.9. The van der Waals surface area contributed by atoms with E-state index in [1.807, 2.05) is 0 Å². The highest BCUT2D eigenvalue weighted by Gasteiger charge is 2.12. The zero-order valence-corrected chi connectivity index (χ0v) is 16.2. The van der Waals surface area contributed by atoms with Crippen molar-refractivity contribution in [3.63, 3.8) is 0 Å². The fourth-order valence-electron chi connectivity index (χ4n) is 2.76. The van der Waals surface area contributed by atoms with Gasteiger partial charge in [-0.1, -0.05) is 18.2 Å². The van der Waals surface area contributed by atoms with Crippen LogP contribution in [-0.2, 0) is 6.42 Å². The predicted octanol–water partition coefficient (Wildman–Crippen LogP) is 4.03. The van der Waals surface area contributed by atoms with Crippen LogP contribution in [0.2, 0.25) is 0 Å². The number of ketones is 1. The molecule has 1 amide bonds. The molecule has 0 spiro atoms. The van der Waals surface area contributed by atoms with Gasteiger partial charge in [-0.25, -0.2) is 14.4 Å². The number of benzene rings is 2. The van der Waals surface area contributed by atoms with Crippen LogP contribution in [0.15, 0.2) is 54.6 Å². The Balaban J connectivity index is 1.65. The lowest BCUT2D eigenvalue weighted by molar-refractivity contribution is 0.101. The Bertz CT molecular complexity index is 1040. The molecule has 0 radical (unpaired) electrons. The molecule has 2 N–H and O–H groups in total. The molecule has 0 saturated carbocycles. The van der Waals surface area contributed by atoms with Crippen LogP contribution < -0.4 is 10.6 Å². The Labute approximate surface area is 168 Å². The van der Waals surface area contributed by atoms with Gasteiger partial charge in [-0.3, -0.25) is 9.59 Å². The van der Waals surface area contributed by atoms with E-state index in [4.69, 9.17) is 0 Å². The number of anilines is 2. The first-order valence-electron chi connectivity index (χ1n) is 9.17. The molecule has 0 saturated heterocycles. The Hall–Kier alpha value is -3.61. The van der Waals surface area contributed by atoms with Crippen molar-refractivity contribution in [2.75, 3.05) is 17.2 Å². The Kier molecular flexibility index (Phi) is 6.29. The third-order valence-electron chi connectivity index (χ3n) is 4.27. The maximum absolute atomic E-state index is 13.7. The van der Waals surface area contributed by atoms with Gasteiger partial charge in [-0.05, 0) is 62.2 Å². The summed E-state index contributed by atoms with van der Waals surface area (Å²) in [7, 11) is 0. The minimum absolute atomic E-state index is 0.0413. The molecule has 0 aliphatic heterocycles. The van der Waals surface area contributed by atoms with Crippen molar-refractivity contribution in [1.29, 1.82) is 0 Å². The minimum Gasteiger partial charge on any atom is -0.354 e. The molecule has 0 unspecified atom stereocenters. The summed E-state index contributed by atoms with van der Waals surface area (Å²) in [6.07, 6.45) is 0.466. The molecule has 0 bridgehead atoms. The van der Waals surface area contributed by atoms with E-state index in [9.17, 15) is 14.0 Å². The second kappa shape index (κ2) is 9.05. The largest absolute Gasteiger partial charge is 0.354 e. The van der Waals surface area contributed by atoms with E-state index < -0.39 is 0 Å². The number of nitrogens with zero attached hydrogens (tertiary/aromatic N) is 2. The molecule has 3 aromatic rings. The molecule has 0 aliphatic rings. The molecule has 0 aliphatic carbocycles. The van der Waals surface area contributed by atoms with Gasteiger partial charge in [-0.2, -0.15) is 0 Å². The second-order valence-corrected chi connectivity index (χ2v) is 6.57. The molecular weight excluding hydrogens is 371 g/mol. The number of carbonyl (C=O) groups is 2. The number of aromatic nitrogens is 2. The van der Waals surface area contributed by atoms with Gasteiger partial charge in [0.05, 0.1) is 0 Å². The van der Waals surface area contributed by atoms with E-state index in [1.165, 1.54) is 13.0 Å². The van der Waals surface area contributed by atoms with Gasteiger partial charge in [0.2, 0.25) is 5.95 Å². The first-order valence-corrected chi connectivity index (χ1v) is 9.17. The van der Waals surface area contributed by atoms with Crippen molar-refractivity contribution in [2.45, 2.75) is 20.3 Å². The molecule has 0 atom stereocenters. The molecule has 1 aromatic heterocycles. The van der Waals surface area contributed by atoms with Crippen LogP contribution in [0.3, 0.4) is 0 Å². The van der Waals surface area contributed by atoms with Gasteiger partial charge in [0.25, 0.3) is 5.91 Å². The van der Waals surface area contributed by atoms with Crippen LogP contribution in [0, 0.1) is 12.7 Å². The monoisotopic (exact) mass is 392 g/mol. The third kappa shape index (κ3) is 5.44. The quantitative estimate of drug-likeness (QED) is 0.593. The van der Waals surface area contributed by atoms with Crippen molar-refractivity contribution >= 4 is 23.3 Å². The number of hydrogen-bond acceptors (Lipinski definition) is 5. The van der Waals surface area contributed by atoms with Crippen LogP contribution in [0.1, 0.15) is 39.0 Å². The number of rotatable bonds is 7. The van der Waals surface area contributed by atoms with Crippen molar-refractivity contribution in [2.24, 2.45) is 0 Å². The summed E-state index contributed by atoms with van der Waals surface area (Å²) in [5.74, 6) is -0.377. The van der Waals surface area contributed by atoms with Gasteiger partial charge in [0.15, 0.2) is 5.78 Å². The van der Waals surface area contributed by atoms with Crippen molar-refractivity contribution < 1.29 is 14.0 Å². The van der Waals surface area contributed by atoms with Crippen LogP contribution in [0.5, 0.6) is 0 Å². The molecule has 0 fully saturated rings. The molecule has 7 heteroatoms. The van der Waals surface area contributed by atoms with Crippen molar-refractivity contribution in [3.05, 3.63) is 82.9 Å². The summed E-state index contributed by atoms with van der Waals surface area (Å²) >= 11 is 0. The smallest absolute Gasteiger partial charge is 0.274 e. The molecule has 1 heterocycles. The highest BCUT2D eigenvalue weighted by Crippen LogP contribution is 2.13. The average Bonchev–Trinajstić information content (AvgIpc) is 2.69. The molecule has 29 heavy (non-hydrogen) atoms. The molecular formula is C22H21FN4O2. The van der Waals surface area contributed by atoms with Crippen molar-refractivity contribution in [1.82, 2.24) is 9.97 Å². The summed E-state index contributed by atoms with van der Waals surface area (Å²) in [5, 5.41) is 5.78. The van der Waals surface area contributed by atoms with Crippen molar-refractivity contribution in [3.8, 4) is 0 Å². The second-order valence-electron chi connectivity index (χ2n) is 6.57. The summed E-state index contributed by atoms with van der Waals surface area (Å²) < 4.78 is 13.7. The lowest BCUT2D eigenvalue weighted by Crippen LogP contribution is -2.17. The number of nitrogens with one attached hydrogen (secondary N) is 2. The molecule has 3 rings (SSSR count). The maximum atomic E-state index is 13.7.